The first-order valence-electron chi connectivity index (χ1n) is 4.49. The Kier molecular flexibility index (Phi) is 1.30. The standard InChI is InChI=1S/C11H16/c1-8-6-11(2,3)7-9-4-5-10(8)9/h6-7,10H,4-5H2,1-3H3. The Morgan fingerprint density at radius 2 is 2.09 bits per heavy atom. The molecular formula is C11H16. The number of rotatable bonds is 0. The molecule has 1 unspecified atom stereocenters. The summed E-state index contributed by atoms with van der Waals surface area (Å²) in [6.07, 6.45) is 7.61. The number of allylic oxidation sites excluding steroid dienone is 4. The summed E-state index contributed by atoms with van der Waals surface area (Å²) in [4.78, 5) is 0. The Bertz CT molecular complexity index is 225. The number of hydrogen-bond acceptors (Lipinski definition) is 0. The molecule has 2 aliphatic carbocycles. The van der Waals surface area contributed by atoms with Crippen LogP contribution < -0.4 is 0 Å². The molecule has 0 N–H and O–H groups in total. The molecule has 1 saturated carbocycles. The van der Waals surface area contributed by atoms with Crippen molar-refractivity contribution in [3.05, 3.63) is 23.3 Å². The molecule has 0 aliphatic heterocycles. The fourth-order valence-electron chi connectivity index (χ4n) is 2.36. The molecule has 0 spiro atoms. The van der Waals surface area contributed by atoms with Crippen molar-refractivity contribution in [1.29, 1.82) is 0 Å². The first kappa shape index (κ1) is 7.15. The highest BCUT2D eigenvalue weighted by Crippen LogP contribution is 2.45. The van der Waals surface area contributed by atoms with Gasteiger partial charge in [0.25, 0.3) is 0 Å². The van der Waals surface area contributed by atoms with E-state index in [0.717, 1.165) is 5.92 Å². The molecule has 0 bridgehead atoms. The summed E-state index contributed by atoms with van der Waals surface area (Å²) in [5.41, 5.74) is 3.62. The van der Waals surface area contributed by atoms with Crippen molar-refractivity contribution in [2.45, 2.75) is 33.6 Å². The fourth-order valence-corrected chi connectivity index (χ4v) is 2.36. The van der Waals surface area contributed by atoms with Crippen molar-refractivity contribution < 1.29 is 0 Å². The Balaban J connectivity index is 2.33. The van der Waals surface area contributed by atoms with Crippen LogP contribution in [0.3, 0.4) is 0 Å². The maximum Gasteiger partial charge on any atom is 0.00101 e. The van der Waals surface area contributed by atoms with E-state index in [-0.39, 0.29) is 0 Å². The van der Waals surface area contributed by atoms with Crippen molar-refractivity contribution >= 4 is 0 Å². The lowest BCUT2D eigenvalue weighted by molar-refractivity contribution is 0.451. The average molecular weight is 148 g/mol. The van der Waals surface area contributed by atoms with E-state index in [1.165, 1.54) is 12.8 Å². The van der Waals surface area contributed by atoms with Crippen molar-refractivity contribution in [2.75, 3.05) is 0 Å². The van der Waals surface area contributed by atoms with Crippen LogP contribution in [0.1, 0.15) is 33.6 Å². The highest BCUT2D eigenvalue weighted by atomic mass is 14.4. The van der Waals surface area contributed by atoms with Gasteiger partial charge in [-0.3, -0.25) is 0 Å². The van der Waals surface area contributed by atoms with Gasteiger partial charge in [0, 0.05) is 11.3 Å². The van der Waals surface area contributed by atoms with E-state index in [2.05, 4.69) is 32.9 Å². The molecule has 11 heavy (non-hydrogen) atoms. The summed E-state index contributed by atoms with van der Waals surface area (Å²) in [6, 6.07) is 0. The third kappa shape index (κ3) is 1.05. The average Bonchev–Trinajstić information content (AvgIpc) is 1.76. The zero-order valence-corrected chi connectivity index (χ0v) is 7.65. The van der Waals surface area contributed by atoms with Gasteiger partial charge in [0.15, 0.2) is 0 Å². The smallest absolute Gasteiger partial charge is 0.00101 e. The maximum absolute atomic E-state index is 2.45. The van der Waals surface area contributed by atoms with Crippen LogP contribution in [0.2, 0.25) is 0 Å². The van der Waals surface area contributed by atoms with Crippen LogP contribution in [0.4, 0.5) is 0 Å². The zero-order chi connectivity index (χ0) is 8.06. The summed E-state index contributed by atoms with van der Waals surface area (Å²) in [7, 11) is 0. The van der Waals surface area contributed by atoms with E-state index in [0.29, 0.717) is 5.41 Å². The molecule has 0 aromatic heterocycles. The van der Waals surface area contributed by atoms with Crippen molar-refractivity contribution in [3.63, 3.8) is 0 Å². The second kappa shape index (κ2) is 2.00. The van der Waals surface area contributed by atoms with Gasteiger partial charge in [-0.15, -0.1) is 0 Å². The molecule has 2 aliphatic rings. The molecule has 0 amide bonds. The Morgan fingerprint density at radius 1 is 1.36 bits per heavy atom. The number of fused-ring (bicyclic) bond motifs is 1. The van der Waals surface area contributed by atoms with Crippen LogP contribution >= 0.6 is 0 Å². The predicted octanol–water partition coefficient (Wildman–Crippen LogP) is 3.31. The third-order valence-corrected chi connectivity index (χ3v) is 2.88. The maximum atomic E-state index is 2.45. The van der Waals surface area contributed by atoms with Crippen molar-refractivity contribution in [1.82, 2.24) is 0 Å². The molecule has 1 fully saturated rings. The third-order valence-electron chi connectivity index (χ3n) is 2.88. The summed E-state index contributed by atoms with van der Waals surface area (Å²) >= 11 is 0. The summed E-state index contributed by atoms with van der Waals surface area (Å²) in [6.45, 7) is 6.86. The van der Waals surface area contributed by atoms with Crippen LogP contribution in [0.25, 0.3) is 0 Å². The molecule has 0 aromatic carbocycles. The van der Waals surface area contributed by atoms with Crippen LogP contribution in [-0.4, -0.2) is 0 Å². The second-order valence-corrected chi connectivity index (χ2v) is 4.52. The second-order valence-electron chi connectivity index (χ2n) is 4.52. The van der Waals surface area contributed by atoms with Gasteiger partial charge in [-0.2, -0.15) is 0 Å². The molecule has 0 heterocycles. The van der Waals surface area contributed by atoms with Gasteiger partial charge in [-0.05, 0) is 19.8 Å². The molecule has 2 rings (SSSR count). The molecule has 1 atom stereocenters. The van der Waals surface area contributed by atoms with Gasteiger partial charge in [-0.1, -0.05) is 37.1 Å². The van der Waals surface area contributed by atoms with E-state index >= 15 is 0 Å². The SMILES string of the molecule is CC1=CC(C)(C)C=C2CCC12. The molecular weight excluding hydrogens is 132 g/mol. The Morgan fingerprint density at radius 3 is 2.55 bits per heavy atom. The van der Waals surface area contributed by atoms with Gasteiger partial charge >= 0.3 is 0 Å². The van der Waals surface area contributed by atoms with E-state index in [1.807, 2.05) is 0 Å². The quantitative estimate of drug-likeness (QED) is 0.462. The zero-order valence-electron chi connectivity index (χ0n) is 7.65. The largest absolute Gasteiger partial charge is 0.0756 e. The minimum Gasteiger partial charge on any atom is -0.0756 e. The van der Waals surface area contributed by atoms with Gasteiger partial charge < -0.3 is 0 Å². The molecule has 0 nitrogen and oxygen atoms in total. The Hall–Kier alpha value is -0.520. The summed E-state index contributed by atoms with van der Waals surface area (Å²) in [5, 5.41) is 0. The normalized spacial score (nSPS) is 33.2. The van der Waals surface area contributed by atoms with E-state index in [4.69, 9.17) is 0 Å². The highest BCUT2D eigenvalue weighted by Gasteiger charge is 2.31. The van der Waals surface area contributed by atoms with Crippen LogP contribution in [-0.2, 0) is 0 Å². The minimum absolute atomic E-state index is 0.330. The first-order valence-corrected chi connectivity index (χ1v) is 4.49. The van der Waals surface area contributed by atoms with Crippen LogP contribution in [0.5, 0.6) is 0 Å². The predicted molar refractivity (Wildman–Crippen MR) is 48.3 cm³/mol. The van der Waals surface area contributed by atoms with Gasteiger partial charge in [0.1, 0.15) is 0 Å². The van der Waals surface area contributed by atoms with Crippen LogP contribution in [0, 0.1) is 11.3 Å². The van der Waals surface area contributed by atoms with E-state index < -0.39 is 0 Å². The van der Waals surface area contributed by atoms with E-state index in [1.54, 1.807) is 11.1 Å². The molecule has 0 heteroatoms. The number of hydrogen-bond donors (Lipinski definition) is 0. The monoisotopic (exact) mass is 148 g/mol. The van der Waals surface area contributed by atoms with Gasteiger partial charge in [0.2, 0.25) is 0 Å². The van der Waals surface area contributed by atoms with Crippen molar-refractivity contribution in [2.24, 2.45) is 11.3 Å². The fraction of sp³-hybridized carbons (Fsp3) is 0.636. The topological polar surface area (TPSA) is 0 Å². The molecule has 0 saturated heterocycles. The highest BCUT2D eigenvalue weighted by molar-refractivity contribution is 5.35. The summed E-state index contributed by atoms with van der Waals surface area (Å²) in [5.74, 6) is 0.836. The Labute approximate surface area is 69.0 Å². The molecule has 0 aromatic rings. The van der Waals surface area contributed by atoms with Crippen molar-refractivity contribution in [3.8, 4) is 0 Å². The van der Waals surface area contributed by atoms with Gasteiger partial charge in [-0.25, -0.2) is 0 Å². The molecule has 60 valence electrons. The summed E-state index contributed by atoms with van der Waals surface area (Å²) < 4.78 is 0. The van der Waals surface area contributed by atoms with E-state index in [9.17, 15) is 0 Å². The molecule has 0 radical (unpaired) electrons. The van der Waals surface area contributed by atoms with Crippen LogP contribution in [0.15, 0.2) is 23.3 Å². The van der Waals surface area contributed by atoms with Gasteiger partial charge in [0.05, 0.1) is 0 Å². The lowest BCUT2D eigenvalue weighted by atomic mass is 9.67. The first-order chi connectivity index (χ1) is 5.08. The minimum atomic E-state index is 0.330. The lowest BCUT2D eigenvalue weighted by Gasteiger charge is -2.38. The lowest BCUT2D eigenvalue weighted by Crippen LogP contribution is -2.24.